The van der Waals surface area contributed by atoms with Crippen molar-refractivity contribution >= 4 is 27.8 Å². The van der Waals surface area contributed by atoms with E-state index in [-0.39, 0.29) is 5.82 Å². The Balaban J connectivity index is 1.04. The van der Waals surface area contributed by atoms with Crippen molar-refractivity contribution in [3.8, 4) is 44.5 Å². The fraction of sp³-hybridized carbons (Fsp3) is 0.0169. The van der Waals surface area contributed by atoms with E-state index in [9.17, 15) is 0 Å². The maximum atomic E-state index is 16.3. The van der Waals surface area contributed by atoms with Crippen molar-refractivity contribution in [1.82, 2.24) is 0 Å². The molecule has 0 fully saturated rings. The van der Waals surface area contributed by atoms with E-state index in [0.717, 1.165) is 67.0 Å². The van der Waals surface area contributed by atoms with Crippen LogP contribution < -0.4 is 4.90 Å². The van der Waals surface area contributed by atoms with Gasteiger partial charge in [-0.3, -0.25) is 0 Å². The molecule has 1 aliphatic rings. The van der Waals surface area contributed by atoms with Crippen molar-refractivity contribution in [3.63, 3.8) is 0 Å². The highest BCUT2D eigenvalue weighted by atomic mass is 19.1. The predicted molar refractivity (Wildman–Crippen MR) is 252 cm³/mol. The van der Waals surface area contributed by atoms with E-state index in [0.29, 0.717) is 5.39 Å². The summed E-state index contributed by atoms with van der Waals surface area (Å²) in [6.45, 7) is 0. The molecule has 288 valence electrons. The third kappa shape index (κ3) is 6.15. The first-order valence-corrected chi connectivity index (χ1v) is 20.9. The van der Waals surface area contributed by atoms with Gasteiger partial charge in [-0.2, -0.15) is 0 Å². The van der Waals surface area contributed by atoms with Gasteiger partial charge in [0.15, 0.2) is 0 Å². The highest BCUT2D eigenvalue weighted by molar-refractivity contribution is 6.04. The minimum absolute atomic E-state index is 0.205. The SMILES string of the molecule is Fc1cc2c(c3ccccc13)-c1ccc(-c3ccc(N(c4ccc(-c5ccccc5)cc4)c4ccc(-c5ccccc5)cc4)cc3)cc1C2(c1ccccc1)c1ccccc1. The standard InChI is InChI=1S/C59H40FN/c60-57-40-56-58(53-24-14-13-23-52(53)57)54-38-31-46(39-55(54)59(56,47-19-9-3-10-20-47)48-21-11-4-12-22-48)45-29-36-51(37-30-45)61(49-32-25-43(26-33-49)41-15-5-1-6-16-41)50-34-27-44(28-35-50)42-17-7-2-8-18-42/h1-40H. The van der Waals surface area contributed by atoms with E-state index in [1.54, 1.807) is 6.07 Å². The highest BCUT2D eigenvalue weighted by Crippen LogP contribution is 2.58. The maximum absolute atomic E-state index is 16.3. The molecule has 2 heteroatoms. The second-order valence-electron chi connectivity index (χ2n) is 15.8. The number of rotatable bonds is 8. The Kier molecular flexibility index (Phi) is 8.98. The molecule has 0 atom stereocenters. The maximum Gasteiger partial charge on any atom is 0.131 e. The third-order valence-corrected chi connectivity index (χ3v) is 12.4. The summed E-state index contributed by atoms with van der Waals surface area (Å²) < 4.78 is 16.3. The van der Waals surface area contributed by atoms with E-state index < -0.39 is 5.41 Å². The Morgan fingerprint density at radius 1 is 0.311 bits per heavy atom. The quantitative estimate of drug-likeness (QED) is 0.148. The lowest BCUT2D eigenvalue weighted by Crippen LogP contribution is -2.28. The van der Waals surface area contributed by atoms with E-state index >= 15 is 4.39 Å². The van der Waals surface area contributed by atoms with Crippen LogP contribution in [0.2, 0.25) is 0 Å². The van der Waals surface area contributed by atoms with Crippen LogP contribution >= 0.6 is 0 Å². The largest absolute Gasteiger partial charge is 0.311 e. The number of hydrogen-bond donors (Lipinski definition) is 0. The molecule has 0 aliphatic heterocycles. The molecular weight excluding hydrogens is 742 g/mol. The van der Waals surface area contributed by atoms with Crippen LogP contribution in [0.25, 0.3) is 55.3 Å². The lowest BCUT2D eigenvalue weighted by atomic mass is 9.67. The topological polar surface area (TPSA) is 3.24 Å². The summed E-state index contributed by atoms with van der Waals surface area (Å²) in [7, 11) is 0. The van der Waals surface area contributed by atoms with Crippen LogP contribution in [-0.2, 0) is 5.41 Å². The van der Waals surface area contributed by atoms with Gasteiger partial charge >= 0.3 is 0 Å². The van der Waals surface area contributed by atoms with Gasteiger partial charge in [-0.1, -0.05) is 194 Å². The van der Waals surface area contributed by atoms with Crippen molar-refractivity contribution in [2.75, 3.05) is 4.90 Å². The van der Waals surface area contributed by atoms with Gasteiger partial charge in [0.25, 0.3) is 0 Å². The van der Waals surface area contributed by atoms with Crippen LogP contribution in [0.1, 0.15) is 22.3 Å². The van der Waals surface area contributed by atoms with Gasteiger partial charge in [0.05, 0.1) is 5.41 Å². The molecule has 0 heterocycles. The van der Waals surface area contributed by atoms with Gasteiger partial charge in [-0.25, -0.2) is 4.39 Å². The van der Waals surface area contributed by atoms with E-state index in [1.165, 1.54) is 22.3 Å². The summed E-state index contributed by atoms with van der Waals surface area (Å²) in [6.07, 6.45) is 0. The Morgan fingerprint density at radius 3 is 1.16 bits per heavy atom. The van der Waals surface area contributed by atoms with Crippen molar-refractivity contribution in [2.24, 2.45) is 0 Å². The van der Waals surface area contributed by atoms with Crippen molar-refractivity contribution in [1.29, 1.82) is 0 Å². The van der Waals surface area contributed by atoms with Crippen LogP contribution in [0.3, 0.4) is 0 Å². The van der Waals surface area contributed by atoms with Crippen molar-refractivity contribution < 1.29 is 4.39 Å². The average Bonchev–Trinajstić information content (AvgIpc) is 3.63. The molecule has 0 bridgehead atoms. The summed E-state index contributed by atoms with van der Waals surface area (Å²) in [5.74, 6) is -0.205. The monoisotopic (exact) mass is 781 g/mol. The minimum atomic E-state index is -0.733. The molecule has 0 spiro atoms. The van der Waals surface area contributed by atoms with E-state index in [1.807, 2.05) is 18.2 Å². The Hall–Kier alpha value is -7.81. The minimum Gasteiger partial charge on any atom is -0.311 e. The zero-order valence-corrected chi connectivity index (χ0v) is 33.4. The molecule has 10 aromatic rings. The molecule has 0 saturated carbocycles. The molecule has 1 nitrogen and oxygen atoms in total. The zero-order chi connectivity index (χ0) is 40.8. The normalized spacial score (nSPS) is 12.5. The molecule has 11 rings (SSSR count). The summed E-state index contributed by atoms with van der Waals surface area (Å²) in [4.78, 5) is 2.32. The molecular formula is C59H40FN. The molecule has 0 unspecified atom stereocenters. The van der Waals surface area contributed by atoms with Gasteiger partial charge in [-0.15, -0.1) is 0 Å². The summed E-state index contributed by atoms with van der Waals surface area (Å²) in [5, 5.41) is 1.57. The number of fused-ring (bicyclic) bond motifs is 5. The van der Waals surface area contributed by atoms with Crippen LogP contribution in [-0.4, -0.2) is 0 Å². The predicted octanol–water partition coefficient (Wildman–Crippen LogP) is 15.8. The van der Waals surface area contributed by atoms with Gasteiger partial charge in [0.2, 0.25) is 0 Å². The van der Waals surface area contributed by atoms with Crippen molar-refractivity contribution in [3.05, 3.63) is 271 Å². The number of halogens is 1. The highest BCUT2D eigenvalue weighted by Gasteiger charge is 2.47. The molecule has 0 aromatic heterocycles. The zero-order valence-electron chi connectivity index (χ0n) is 33.4. The Labute approximate surface area is 356 Å². The Morgan fingerprint density at radius 2 is 0.689 bits per heavy atom. The number of anilines is 3. The summed E-state index contributed by atoms with van der Waals surface area (Å²) in [5.41, 5.74) is 16.0. The number of benzene rings is 10. The molecule has 0 amide bonds. The molecule has 0 N–H and O–H groups in total. The van der Waals surface area contributed by atoms with Crippen LogP contribution in [0, 0.1) is 5.82 Å². The fourth-order valence-electron chi connectivity index (χ4n) is 9.60. The van der Waals surface area contributed by atoms with Gasteiger partial charge < -0.3 is 4.90 Å². The molecule has 10 aromatic carbocycles. The van der Waals surface area contributed by atoms with Crippen LogP contribution in [0.5, 0.6) is 0 Å². The van der Waals surface area contributed by atoms with Crippen LogP contribution in [0.4, 0.5) is 21.5 Å². The third-order valence-electron chi connectivity index (χ3n) is 12.4. The smallest absolute Gasteiger partial charge is 0.131 e. The lowest BCUT2D eigenvalue weighted by molar-refractivity contribution is 0.633. The van der Waals surface area contributed by atoms with E-state index in [4.69, 9.17) is 0 Å². The molecule has 61 heavy (non-hydrogen) atoms. The number of hydrogen-bond acceptors (Lipinski definition) is 1. The Bertz CT molecular complexity index is 3020. The van der Waals surface area contributed by atoms with Crippen molar-refractivity contribution in [2.45, 2.75) is 5.41 Å². The summed E-state index contributed by atoms with van der Waals surface area (Å²) in [6, 6.07) is 85.3. The first-order valence-electron chi connectivity index (χ1n) is 20.9. The molecule has 1 aliphatic carbocycles. The second kappa shape index (κ2) is 15.1. The average molecular weight is 782 g/mol. The molecule has 0 radical (unpaired) electrons. The van der Waals surface area contributed by atoms with Crippen LogP contribution in [0.15, 0.2) is 243 Å². The number of nitrogens with zero attached hydrogens (tertiary/aromatic N) is 1. The van der Waals surface area contributed by atoms with Gasteiger partial charge in [0.1, 0.15) is 5.82 Å². The second-order valence-corrected chi connectivity index (χ2v) is 15.8. The lowest BCUT2D eigenvalue weighted by Gasteiger charge is -2.34. The fourth-order valence-corrected chi connectivity index (χ4v) is 9.60. The molecule has 0 saturated heterocycles. The van der Waals surface area contributed by atoms with Gasteiger partial charge in [0, 0.05) is 22.4 Å². The van der Waals surface area contributed by atoms with E-state index in [2.05, 4.69) is 223 Å². The first-order chi connectivity index (χ1) is 30.2. The van der Waals surface area contributed by atoms with Gasteiger partial charge in [-0.05, 0) is 121 Å². The first kappa shape index (κ1) is 36.3. The summed E-state index contributed by atoms with van der Waals surface area (Å²) >= 11 is 0.